The Hall–Kier alpha value is -7.21. The van der Waals surface area contributed by atoms with Crippen LogP contribution in [0.15, 0.2) is 182 Å². The van der Waals surface area contributed by atoms with Gasteiger partial charge in [-0.15, -0.1) is 50.5 Å². The first-order chi connectivity index (χ1) is 57.8. The van der Waals surface area contributed by atoms with Crippen LogP contribution in [-0.4, -0.2) is 63.8 Å². The summed E-state index contributed by atoms with van der Waals surface area (Å²) in [7, 11) is -9.34. The maximum Gasteiger partial charge on any atom is 1.00 e. The number of fused-ring (bicyclic) bond motifs is 6. The summed E-state index contributed by atoms with van der Waals surface area (Å²) in [6.07, 6.45) is 0. The Morgan fingerprint density at radius 1 is 0.202 bits per heavy atom. The van der Waals surface area contributed by atoms with E-state index < -0.39 is 48.4 Å². The molecular formula is C108H123Li3O6Si6Sm. The van der Waals surface area contributed by atoms with Crippen molar-refractivity contribution in [3.05, 3.63) is 215 Å². The summed E-state index contributed by atoms with van der Waals surface area (Å²) in [6, 6.07) is 78.8. The first-order valence-electron chi connectivity index (χ1n) is 44.5. The molecule has 3 N–H and O–H groups in total. The van der Waals surface area contributed by atoms with Gasteiger partial charge in [-0.3, -0.25) is 0 Å². The molecule has 12 aromatic carbocycles. The molecule has 0 aliphatic heterocycles. The fraction of sp³-hybridized carbons (Fsp3) is 0.333. The molecular weight excluding hydrogens is 1730 g/mol. The van der Waals surface area contributed by atoms with Crippen molar-refractivity contribution in [1.29, 1.82) is 0 Å². The van der Waals surface area contributed by atoms with E-state index >= 15 is 0 Å². The quantitative estimate of drug-likeness (QED) is 0.0485. The summed E-state index contributed by atoms with van der Waals surface area (Å²) in [5.41, 5.74) is 31.2. The zero-order valence-electron chi connectivity index (χ0n) is 78.0. The first kappa shape index (κ1) is 106. The Labute approximate surface area is 817 Å². The van der Waals surface area contributed by atoms with Gasteiger partial charge in [0.15, 0.2) is 0 Å². The number of phenols is 3. The molecule has 0 aliphatic rings. The molecule has 0 amide bonds. The van der Waals surface area contributed by atoms with Gasteiger partial charge < -0.3 is 30.6 Å². The van der Waals surface area contributed by atoms with Crippen LogP contribution >= 0.6 is 0 Å². The monoisotopic (exact) mass is 1860 g/mol. The van der Waals surface area contributed by atoms with Gasteiger partial charge in [-0.25, -0.2) is 0 Å². The van der Waals surface area contributed by atoms with E-state index in [1.54, 1.807) is 36.4 Å². The van der Waals surface area contributed by atoms with E-state index in [-0.39, 0.29) is 131 Å². The van der Waals surface area contributed by atoms with Crippen LogP contribution in [0.3, 0.4) is 0 Å². The molecule has 0 aliphatic carbocycles. The second-order valence-corrected chi connectivity index (χ2v) is 62.4. The average Bonchev–Trinajstić information content (AvgIpc) is 0.761. The van der Waals surface area contributed by atoms with Gasteiger partial charge in [0.1, 0.15) is 65.7 Å². The van der Waals surface area contributed by atoms with E-state index in [2.05, 4.69) is 230 Å². The third-order valence-electron chi connectivity index (χ3n) is 27.7. The minimum atomic E-state index is -1.56. The molecule has 0 aromatic heterocycles. The topological polar surface area (TPSA) is 130 Å². The molecule has 124 heavy (non-hydrogen) atoms. The maximum absolute atomic E-state index is 13.3. The molecule has 16 heteroatoms. The third kappa shape index (κ3) is 23.6. The maximum atomic E-state index is 13.3. The Balaban J connectivity index is 0.000000283. The van der Waals surface area contributed by atoms with Crippen LogP contribution in [0, 0.1) is 109 Å². The van der Waals surface area contributed by atoms with Crippen LogP contribution < -0.4 is 71.9 Å². The summed E-state index contributed by atoms with van der Waals surface area (Å²) >= 11 is 0. The van der Waals surface area contributed by atoms with Gasteiger partial charge in [0, 0.05) is 90.5 Å². The summed E-state index contributed by atoms with van der Waals surface area (Å²) in [4.78, 5) is 0. The van der Waals surface area contributed by atoms with Crippen molar-refractivity contribution in [2.75, 3.05) is 0 Å². The van der Waals surface area contributed by atoms with Crippen molar-refractivity contribution in [1.82, 2.24) is 0 Å². The summed E-state index contributed by atoms with van der Waals surface area (Å²) < 4.78 is 0. The van der Waals surface area contributed by atoms with Gasteiger partial charge in [-0.05, 0) is 281 Å². The average molecular weight is 1860 g/mol. The minimum Gasteiger partial charge on any atom is -0.872 e. The molecule has 0 saturated heterocycles. The van der Waals surface area contributed by atoms with Crippen LogP contribution in [0.5, 0.6) is 34.5 Å². The second kappa shape index (κ2) is 47.7. The number of aromatic hydroxyl groups is 3. The van der Waals surface area contributed by atoms with Gasteiger partial charge in [-0.2, -0.15) is 0 Å². The minimum absolute atomic E-state index is 0. The molecule has 12 aromatic rings. The van der Waals surface area contributed by atoms with Crippen LogP contribution in [0.1, 0.15) is 158 Å². The largest absolute Gasteiger partial charge is 1.00 e. The van der Waals surface area contributed by atoms with E-state index in [9.17, 15) is 30.6 Å². The molecule has 12 rings (SSSR count). The molecule has 0 heterocycles. The van der Waals surface area contributed by atoms with E-state index in [1.807, 2.05) is 109 Å². The number of hydrogen-bond donors (Lipinski definition) is 3. The Morgan fingerprint density at radius 3 is 0.484 bits per heavy atom. The molecule has 0 unspecified atom stereocenters. The van der Waals surface area contributed by atoms with Crippen molar-refractivity contribution >= 4 is 113 Å². The van der Waals surface area contributed by atoms with Crippen LogP contribution in [0.25, 0.3) is 98.0 Å². The molecule has 0 saturated carbocycles. The Bertz CT molecular complexity index is 5160. The molecule has 0 radical (unpaired) electrons. The van der Waals surface area contributed by atoms with Crippen LogP contribution in [0.4, 0.5) is 0 Å². The zero-order valence-corrected chi connectivity index (χ0v) is 86.6. The molecule has 624 valence electrons. The Morgan fingerprint density at radius 2 is 0.339 bits per heavy atom. The first-order valence-corrected chi connectivity index (χ1v) is 60.2. The molecule has 6 nitrogen and oxygen atoms in total. The smallest absolute Gasteiger partial charge is 0.872 e. The fourth-order valence-electron chi connectivity index (χ4n) is 17.2. The van der Waals surface area contributed by atoms with Gasteiger partial charge in [-0.1, -0.05) is 251 Å². The van der Waals surface area contributed by atoms with Crippen molar-refractivity contribution in [2.45, 2.75) is 233 Å². The predicted octanol–water partition coefficient (Wildman–Crippen LogP) is 18.7. The van der Waals surface area contributed by atoms with Crippen molar-refractivity contribution in [3.8, 4) is 137 Å². The van der Waals surface area contributed by atoms with E-state index in [4.69, 9.17) is 0 Å². The summed E-state index contributed by atoms with van der Waals surface area (Å²) in [5.74, 6) is 20.8. The number of rotatable bonds is 21. The van der Waals surface area contributed by atoms with Crippen LogP contribution in [0.2, 0.25) is 109 Å². The third-order valence-corrected chi connectivity index (χ3v) is 56.0. The summed E-state index contributed by atoms with van der Waals surface area (Å²) in [6.45, 7) is 40.7. The van der Waals surface area contributed by atoms with Crippen molar-refractivity contribution in [3.63, 3.8) is 0 Å². The fourth-order valence-corrected chi connectivity index (χ4v) is 31.9. The zero-order chi connectivity index (χ0) is 86.7. The molecule has 0 atom stereocenters. The standard InChI is InChI=1S/3C36H42O2Si2.3Li.Sm/c3*1-7-39(8-2,9-3)23-21-27-13-17-31-29(25-27)15-19-33(37)35(31)36-32-18-14-28(26-30(32)16-20-34(36)38)22-24-40(10-4,11-5)12-6;;;;/h3*13-20,25-26,37-38H,7-12H2,1-6H3;;;;/q;;;3*+1;/p-3. The van der Waals surface area contributed by atoms with Gasteiger partial charge in [0.05, 0.1) is 0 Å². The van der Waals surface area contributed by atoms with Gasteiger partial charge in [0.25, 0.3) is 0 Å². The molecule has 0 spiro atoms. The summed E-state index contributed by atoms with van der Waals surface area (Å²) in [5, 5.41) is 83.9. The van der Waals surface area contributed by atoms with Crippen molar-refractivity contribution < 1.29 is 128 Å². The molecule has 0 fully saturated rings. The SMILES string of the molecule is CC[Si](C#Cc1ccc2c(-c3c(O)ccc4cc(C#C[Si](CC)(CC)CC)ccc34)c([O-])ccc2c1)(CC)CC.CC[Si](C#Cc1ccc2c(-c3c(O)ccc4cc(C#C[Si](CC)(CC)CC)ccc34)c([O-])ccc2c1)(CC)CC.CC[Si](C#Cc1ccc2c(-c3c(O)ccc4cc(C#C[Si](CC)(CC)CC)ccc34)c([O-])ccc2c1)(CC)CC.[Li+].[Li+].[Li+].[Sm]. The van der Waals surface area contributed by atoms with E-state index in [0.29, 0.717) is 33.4 Å². The second-order valence-electron chi connectivity index (χ2n) is 32.9. The van der Waals surface area contributed by atoms with Crippen molar-refractivity contribution in [2.24, 2.45) is 0 Å². The van der Waals surface area contributed by atoms with Gasteiger partial charge >= 0.3 is 56.6 Å². The van der Waals surface area contributed by atoms with E-state index in [0.717, 1.165) is 207 Å². The molecule has 0 bridgehead atoms. The normalized spacial score (nSPS) is 11.3. The number of phenolic OH excluding ortho intramolecular Hbond substituents is 3. The predicted molar refractivity (Wildman–Crippen MR) is 528 cm³/mol. The van der Waals surface area contributed by atoms with Crippen LogP contribution in [-0.2, 0) is 0 Å². The number of hydrogen-bond acceptors (Lipinski definition) is 6. The van der Waals surface area contributed by atoms with E-state index in [1.165, 1.54) is 0 Å². The Kier molecular flexibility index (Phi) is 40.6. The number of benzene rings is 12. The van der Waals surface area contributed by atoms with Gasteiger partial charge in [0.2, 0.25) is 0 Å².